The van der Waals surface area contributed by atoms with Crippen molar-refractivity contribution in [3.05, 3.63) is 29.6 Å². The van der Waals surface area contributed by atoms with Crippen LogP contribution in [0.15, 0.2) is 18.2 Å². The Morgan fingerprint density at radius 3 is 2.14 bits per heavy atom. The van der Waals surface area contributed by atoms with Gasteiger partial charge in [0.15, 0.2) is 0 Å². The molecule has 0 unspecified atom stereocenters. The molecule has 4 bridgehead atoms. The van der Waals surface area contributed by atoms with Crippen molar-refractivity contribution < 1.29 is 9.47 Å². The van der Waals surface area contributed by atoms with E-state index < -0.39 is 0 Å². The first kappa shape index (κ1) is 12.6. The summed E-state index contributed by atoms with van der Waals surface area (Å²) in [5, 5.41) is 0. The Balaban J connectivity index is 1.50. The maximum atomic E-state index is 5.63. The number of nitrogens with zero attached hydrogens (tertiary/aromatic N) is 1. The van der Waals surface area contributed by atoms with Crippen LogP contribution in [0.25, 0.3) is 0 Å². The molecule has 5 fully saturated rings. The Bertz CT molecular complexity index is 515. The lowest BCUT2D eigenvalue weighted by molar-refractivity contribution is -0.0483. The normalized spacial score (nSPS) is 41.8. The molecule has 2 heterocycles. The molecular weight excluding hydrogens is 262 g/mol. The number of ether oxygens (including phenoxy) is 2. The molecule has 3 nitrogen and oxygen atoms in total. The van der Waals surface area contributed by atoms with Crippen LogP contribution in [0.1, 0.15) is 56.2 Å². The van der Waals surface area contributed by atoms with Crippen LogP contribution in [-0.2, 0) is 14.9 Å². The topological polar surface area (TPSA) is 31.4 Å². The second-order valence-corrected chi connectivity index (χ2v) is 7.72. The van der Waals surface area contributed by atoms with E-state index in [1.165, 1.54) is 44.2 Å². The van der Waals surface area contributed by atoms with Gasteiger partial charge in [-0.05, 0) is 68.4 Å². The van der Waals surface area contributed by atoms with Gasteiger partial charge in [0.1, 0.15) is 0 Å². The van der Waals surface area contributed by atoms with Crippen molar-refractivity contribution >= 4 is 0 Å². The highest BCUT2D eigenvalue weighted by atomic mass is 16.7. The van der Waals surface area contributed by atoms with Crippen LogP contribution in [0.3, 0.4) is 0 Å². The Hall–Kier alpha value is -0.930. The third-order valence-corrected chi connectivity index (χ3v) is 6.22. The monoisotopic (exact) mass is 285 g/mol. The molecule has 112 valence electrons. The van der Waals surface area contributed by atoms with E-state index in [0.717, 1.165) is 23.4 Å². The standard InChI is InChI=1S/C18H23NO2/c1-2-15(17-20-4-5-21-17)19-16(3-1)18-9-12-6-13(10-18)8-14(7-12)11-18/h1-3,12-14,17H,4-11H2. The molecule has 0 amide bonds. The van der Waals surface area contributed by atoms with Gasteiger partial charge < -0.3 is 9.47 Å². The molecule has 1 saturated heterocycles. The summed E-state index contributed by atoms with van der Waals surface area (Å²) in [6.45, 7) is 1.38. The van der Waals surface area contributed by atoms with Crippen molar-refractivity contribution in [1.82, 2.24) is 4.98 Å². The first-order valence-corrected chi connectivity index (χ1v) is 8.51. The van der Waals surface area contributed by atoms with Gasteiger partial charge in [0.25, 0.3) is 0 Å². The van der Waals surface area contributed by atoms with Gasteiger partial charge in [-0.3, -0.25) is 4.98 Å². The molecule has 4 saturated carbocycles. The fraction of sp³-hybridized carbons (Fsp3) is 0.722. The highest BCUT2D eigenvalue weighted by molar-refractivity contribution is 5.25. The van der Waals surface area contributed by atoms with Crippen LogP contribution in [0, 0.1) is 17.8 Å². The molecular formula is C18H23NO2. The molecule has 1 aromatic heterocycles. The first-order chi connectivity index (χ1) is 10.3. The third-order valence-electron chi connectivity index (χ3n) is 6.22. The second kappa shape index (κ2) is 4.53. The minimum atomic E-state index is -0.237. The largest absolute Gasteiger partial charge is 0.345 e. The smallest absolute Gasteiger partial charge is 0.201 e. The molecule has 3 heteroatoms. The molecule has 5 aliphatic rings. The fourth-order valence-corrected chi connectivity index (χ4v) is 5.83. The maximum Gasteiger partial charge on any atom is 0.201 e. The lowest BCUT2D eigenvalue weighted by Crippen LogP contribution is -2.49. The van der Waals surface area contributed by atoms with E-state index in [1.807, 2.05) is 0 Å². The Kier molecular flexibility index (Phi) is 2.72. The van der Waals surface area contributed by atoms with Crippen LogP contribution >= 0.6 is 0 Å². The van der Waals surface area contributed by atoms with E-state index in [-0.39, 0.29) is 6.29 Å². The van der Waals surface area contributed by atoms with Gasteiger partial charge in [0, 0.05) is 11.1 Å². The van der Waals surface area contributed by atoms with Crippen LogP contribution in [0.5, 0.6) is 0 Å². The molecule has 0 aromatic carbocycles. The summed E-state index contributed by atoms with van der Waals surface area (Å²) in [5.41, 5.74) is 2.66. The van der Waals surface area contributed by atoms with Crippen LogP contribution < -0.4 is 0 Å². The molecule has 0 N–H and O–H groups in total. The average molecular weight is 285 g/mol. The lowest BCUT2D eigenvalue weighted by atomic mass is 9.49. The van der Waals surface area contributed by atoms with E-state index in [0.29, 0.717) is 18.6 Å². The van der Waals surface area contributed by atoms with Crippen molar-refractivity contribution in [1.29, 1.82) is 0 Å². The van der Waals surface area contributed by atoms with Crippen LogP contribution in [-0.4, -0.2) is 18.2 Å². The van der Waals surface area contributed by atoms with Crippen molar-refractivity contribution in [2.45, 2.75) is 50.2 Å². The lowest BCUT2D eigenvalue weighted by Gasteiger charge is -2.56. The van der Waals surface area contributed by atoms with Crippen molar-refractivity contribution in [2.24, 2.45) is 17.8 Å². The number of hydrogen-bond donors (Lipinski definition) is 0. The molecule has 1 aliphatic heterocycles. The SMILES string of the molecule is c1cc(C2OCCO2)nc(C23CC4CC(CC(C4)C2)C3)c1. The molecule has 0 atom stereocenters. The van der Waals surface area contributed by atoms with E-state index in [2.05, 4.69) is 18.2 Å². The Morgan fingerprint density at radius 1 is 0.905 bits per heavy atom. The number of rotatable bonds is 2. The average Bonchev–Trinajstić information content (AvgIpc) is 3.00. The summed E-state index contributed by atoms with van der Waals surface area (Å²) in [7, 11) is 0. The predicted octanol–water partition coefficient (Wildman–Crippen LogP) is 3.59. The third kappa shape index (κ3) is 1.97. The maximum absolute atomic E-state index is 5.63. The second-order valence-electron chi connectivity index (χ2n) is 7.72. The predicted molar refractivity (Wildman–Crippen MR) is 78.7 cm³/mol. The van der Waals surface area contributed by atoms with E-state index in [1.54, 1.807) is 0 Å². The zero-order valence-electron chi connectivity index (χ0n) is 12.5. The molecule has 4 aliphatic carbocycles. The van der Waals surface area contributed by atoms with Crippen molar-refractivity contribution in [3.63, 3.8) is 0 Å². The summed E-state index contributed by atoms with van der Waals surface area (Å²) in [6, 6.07) is 6.47. The highest BCUT2D eigenvalue weighted by Gasteiger charge is 2.52. The molecule has 21 heavy (non-hydrogen) atoms. The quantitative estimate of drug-likeness (QED) is 0.832. The number of aromatic nitrogens is 1. The van der Waals surface area contributed by atoms with Crippen molar-refractivity contribution in [3.8, 4) is 0 Å². The Labute approximate surface area is 126 Å². The zero-order valence-corrected chi connectivity index (χ0v) is 12.5. The summed E-state index contributed by atoms with van der Waals surface area (Å²) >= 11 is 0. The van der Waals surface area contributed by atoms with Crippen molar-refractivity contribution in [2.75, 3.05) is 13.2 Å². The summed E-state index contributed by atoms with van der Waals surface area (Å²) < 4.78 is 11.3. The zero-order chi connectivity index (χ0) is 13.9. The minimum absolute atomic E-state index is 0.237. The van der Waals surface area contributed by atoms with Gasteiger partial charge in [-0.2, -0.15) is 0 Å². The number of hydrogen-bond acceptors (Lipinski definition) is 3. The summed E-state index contributed by atoms with van der Waals surface area (Å²) in [6.07, 6.45) is 8.29. The van der Waals surface area contributed by atoms with Crippen LogP contribution in [0.2, 0.25) is 0 Å². The number of pyridine rings is 1. The van der Waals surface area contributed by atoms with E-state index >= 15 is 0 Å². The van der Waals surface area contributed by atoms with Gasteiger partial charge >= 0.3 is 0 Å². The highest BCUT2D eigenvalue weighted by Crippen LogP contribution is 2.60. The molecule has 1 aromatic rings. The first-order valence-electron chi connectivity index (χ1n) is 8.51. The van der Waals surface area contributed by atoms with Gasteiger partial charge in [-0.25, -0.2) is 0 Å². The van der Waals surface area contributed by atoms with Gasteiger partial charge in [0.05, 0.1) is 18.9 Å². The summed E-state index contributed by atoms with van der Waals surface area (Å²) in [5.74, 6) is 2.88. The van der Waals surface area contributed by atoms with Crippen LogP contribution in [0.4, 0.5) is 0 Å². The van der Waals surface area contributed by atoms with Gasteiger partial charge in [0.2, 0.25) is 6.29 Å². The van der Waals surface area contributed by atoms with E-state index in [4.69, 9.17) is 14.5 Å². The molecule has 6 rings (SSSR count). The summed E-state index contributed by atoms with van der Waals surface area (Å²) in [4.78, 5) is 4.99. The Morgan fingerprint density at radius 2 is 1.52 bits per heavy atom. The molecule has 0 spiro atoms. The van der Waals surface area contributed by atoms with Gasteiger partial charge in [-0.15, -0.1) is 0 Å². The van der Waals surface area contributed by atoms with Gasteiger partial charge in [-0.1, -0.05) is 6.07 Å². The fourth-order valence-electron chi connectivity index (χ4n) is 5.83. The molecule has 0 radical (unpaired) electrons. The minimum Gasteiger partial charge on any atom is -0.345 e. The van der Waals surface area contributed by atoms with E-state index in [9.17, 15) is 0 Å².